The first-order chi connectivity index (χ1) is 14.2. The Bertz CT molecular complexity index is 780. The third kappa shape index (κ3) is 4.98. The Morgan fingerprint density at radius 3 is 2.28 bits per heavy atom. The highest BCUT2D eigenvalue weighted by Crippen LogP contribution is 2.24. The molecule has 1 atom stereocenters. The van der Waals surface area contributed by atoms with Gasteiger partial charge in [-0.15, -0.1) is 0 Å². The zero-order valence-corrected chi connectivity index (χ0v) is 17.2. The summed E-state index contributed by atoms with van der Waals surface area (Å²) in [5, 5.41) is 3.09. The van der Waals surface area contributed by atoms with Crippen molar-refractivity contribution in [1.82, 2.24) is 10.2 Å². The van der Waals surface area contributed by atoms with Gasteiger partial charge in [0.1, 0.15) is 0 Å². The lowest BCUT2D eigenvalue weighted by molar-refractivity contribution is 0.0115. The molecule has 1 N–H and O–H groups in total. The van der Waals surface area contributed by atoms with Crippen molar-refractivity contribution in [2.75, 3.05) is 44.3 Å². The summed E-state index contributed by atoms with van der Waals surface area (Å²) in [7, 11) is 0. The van der Waals surface area contributed by atoms with Gasteiger partial charge < -0.3 is 15.0 Å². The van der Waals surface area contributed by atoms with E-state index in [1.54, 1.807) is 0 Å². The Hall–Kier alpha value is -2.37. The predicted octanol–water partition coefficient (Wildman–Crippen LogP) is 3.48. The number of carbonyl (C=O) groups excluding carboxylic acids is 1. The van der Waals surface area contributed by atoms with Gasteiger partial charge in [-0.1, -0.05) is 30.3 Å². The van der Waals surface area contributed by atoms with E-state index < -0.39 is 0 Å². The van der Waals surface area contributed by atoms with Gasteiger partial charge in [0.05, 0.1) is 19.3 Å². The molecule has 4 rings (SSSR count). The minimum absolute atomic E-state index is 0.0115. The van der Waals surface area contributed by atoms with Crippen molar-refractivity contribution in [2.24, 2.45) is 0 Å². The molecule has 2 aromatic rings. The molecular weight excluding hydrogens is 362 g/mol. The highest BCUT2D eigenvalue weighted by molar-refractivity contribution is 5.94. The van der Waals surface area contributed by atoms with Crippen molar-refractivity contribution < 1.29 is 9.53 Å². The summed E-state index contributed by atoms with van der Waals surface area (Å²) in [6.45, 7) is 8.02. The third-order valence-electron chi connectivity index (χ3n) is 6.17. The fourth-order valence-electron chi connectivity index (χ4n) is 4.36. The maximum Gasteiger partial charge on any atom is 0.251 e. The molecule has 0 aliphatic carbocycles. The van der Waals surface area contributed by atoms with E-state index in [-0.39, 0.29) is 11.9 Å². The van der Waals surface area contributed by atoms with Crippen LogP contribution in [0.3, 0.4) is 0 Å². The molecule has 0 radical (unpaired) electrons. The van der Waals surface area contributed by atoms with E-state index in [0.717, 1.165) is 45.0 Å². The molecule has 154 valence electrons. The van der Waals surface area contributed by atoms with E-state index in [2.05, 4.69) is 27.2 Å². The number of anilines is 1. The number of hydrogen-bond acceptors (Lipinski definition) is 4. The molecule has 2 heterocycles. The lowest BCUT2D eigenvalue weighted by Gasteiger charge is -2.40. The Balaban J connectivity index is 1.30. The van der Waals surface area contributed by atoms with E-state index in [9.17, 15) is 4.79 Å². The number of amides is 1. The van der Waals surface area contributed by atoms with Gasteiger partial charge in [0.25, 0.3) is 5.91 Å². The van der Waals surface area contributed by atoms with Gasteiger partial charge in [-0.3, -0.25) is 9.69 Å². The molecule has 5 nitrogen and oxygen atoms in total. The summed E-state index contributed by atoms with van der Waals surface area (Å²) < 4.78 is 5.48. The van der Waals surface area contributed by atoms with Gasteiger partial charge in [0.2, 0.25) is 0 Å². The molecule has 2 aromatic carbocycles. The maximum absolute atomic E-state index is 12.6. The van der Waals surface area contributed by atoms with Gasteiger partial charge >= 0.3 is 0 Å². The molecule has 29 heavy (non-hydrogen) atoms. The highest BCUT2D eigenvalue weighted by Gasteiger charge is 2.26. The number of nitrogens with one attached hydrogen (secondary N) is 1. The second kappa shape index (κ2) is 9.42. The van der Waals surface area contributed by atoms with E-state index in [4.69, 9.17) is 4.74 Å². The molecule has 2 saturated heterocycles. The van der Waals surface area contributed by atoms with Crippen LogP contribution in [0, 0.1) is 0 Å². The van der Waals surface area contributed by atoms with Crippen LogP contribution in [-0.4, -0.2) is 56.2 Å². The molecule has 0 spiro atoms. The van der Waals surface area contributed by atoms with Crippen LogP contribution in [-0.2, 0) is 4.74 Å². The molecule has 0 saturated carbocycles. The zero-order chi connectivity index (χ0) is 20.1. The summed E-state index contributed by atoms with van der Waals surface area (Å²) in [5.41, 5.74) is 3.03. The van der Waals surface area contributed by atoms with Crippen LogP contribution >= 0.6 is 0 Å². The minimum atomic E-state index is -0.0288. The zero-order valence-electron chi connectivity index (χ0n) is 17.2. The van der Waals surface area contributed by atoms with Gasteiger partial charge in [-0.05, 0) is 49.6 Å². The van der Waals surface area contributed by atoms with E-state index in [1.165, 1.54) is 18.5 Å². The Kier molecular flexibility index (Phi) is 6.47. The van der Waals surface area contributed by atoms with E-state index in [0.29, 0.717) is 11.6 Å². The van der Waals surface area contributed by atoms with Crippen molar-refractivity contribution in [3.63, 3.8) is 0 Å². The van der Waals surface area contributed by atoms with Crippen molar-refractivity contribution in [1.29, 1.82) is 0 Å². The summed E-state index contributed by atoms with van der Waals surface area (Å²) in [5.74, 6) is -0.0288. The normalized spacial score (nSPS) is 19.7. The van der Waals surface area contributed by atoms with Crippen LogP contribution in [0.5, 0.6) is 0 Å². The van der Waals surface area contributed by atoms with Crippen LogP contribution in [0.15, 0.2) is 54.6 Å². The van der Waals surface area contributed by atoms with Gasteiger partial charge in [0, 0.05) is 43.5 Å². The fraction of sp³-hybridized carbons (Fsp3) is 0.458. The molecule has 0 bridgehead atoms. The SMILES string of the molecule is CC(NC(=O)c1ccc(N2CCC(N3CCOCC3)CC2)cc1)c1ccccc1. The van der Waals surface area contributed by atoms with Crippen molar-refractivity contribution in [3.8, 4) is 0 Å². The highest BCUT2D eigenvalue weighted by atomic mass is 16.5. The Labute approximate surface area is 173 Å². The number of piperidine rings is 1. The average molecular weight is 394 g/mol. The Morgan fingerprint density at radius 1 is 0.966 bits per heavy atom. The summed E-state index contributed by atoms with van der Waals surface area (Å²) in [6.07, 6.45) is 2.38. The summed E-state index contributed by atoms with van der Waals surface area (Å²) >= 11 is 0. The van der Waals surface area contributed by atoms with Gasteiger partial charge in [0.15, 0.2) is 0 Å². The van der Waals surface area contributed by atoms with Crippen molar-refractivity contribution >= 4 is 11.6 Å². The van der Waals surface area contributed by atoms with Gasteiger partial charge in [-0.2, -0.15) is 0 Å². The first-order valence-electron chi connectivity index (χ1n) is 10.7. The number of rotatable bonds is 5. The smallest absolute Gasteiger partial charge is 0.251 e. The van der Waals surface area contributed by atoms with Crippen molar-refractivity contribution in [3.05, 3.63) is 65.7 Å². The van der Waals surface area contributed by atoms with Crippen LogP contribution < -0.4 is 10.2 Å². The Morgan fingerprint density at radius 2 is 1.62 bits per heavy atom. The molecule has 2 aliphatic heterocycles. The van der Waals surface area contributed by atoms with Crippen molar-refractivity contribution in [2.45, 2.75) is 31.8 Å². The molecule has 5 heteroatoms. The largest absolute Gasteiger partial charge is 0.379 e. The molecular formula is C24H31N3O2. The quantitative estimate of drug-likeness (QED) is 0.845. The molecule has 2 fully saturated rings. The van der Waals surface area contributed by atoms with Crippen LogP contribution in [0.2, 0.25) is 0 Å². The molecule has 2 aliphatic rings. The topological polar surface area (TPSA) is 44.8 Å². The lowest BCUT2D eigenvalue weighted by Crippen LogP contribution is -2.49. The summed E-state index contributed by atoms with van der Waals surface area (Å²) in [4.78, 5) is 17.6. The minimum Gasteiger partial charge on any atom is -0.379 e. The second-order valence-corrected chi connectivity index (χ2v) is 8.02. The number of morpholine rings is 1. The number of hydrogen-bond donors (Lipinski definition) is 1. The number of benzene rings is 2. The van der Waals surface area contributed by atoms with E-state index in [1.807, 2.05) is 49.4 Å². The number of carbonyl (C=O) groups is 1. The fourth-order valence-corrected chi connectivity index (χ4v) is 4.36. The molecule has 0 aromatic heterocycles. The predicted molar refractivity (Wildman–Crippen MR) is 116 cm³/mol. The molecule has 1 unspecified atom stereocenters. The molecule has 1 amide bonds. The van der Waals surface area contributed by atoms with Crippen LogP contribution in [0.1, 0.15) is 41.7 Å². The average Bonchev–Trinajstić information content (AvgIpc) is 2.80. The lowest BCUT2D eigenvalue weighted by atomic mass is 10.0. The number of nitrogens with zero attached hydrogens (tertiary/aromatic N) is 2. The first-order valence-corrected chi connectivity index (χ1v) is 10.7. The third-order valence-corrected chi connectivity index (χ3v) is 6.17. The second-order valence-electron chi connectivity index (χ2n) is 8.02. The monoisotopic (exact) mass is 393 g/mol. The summed E-state index contributed by atoms with van der Waals surface area (Å²) in [6, 6.07) is 18.8. The van der Waals surface area contributed by atoms with E-state index >= 15 is 0 Å². The first kappa shape index (κ1) is 19.9. The van der Waals surface area contributed by atoms with Gasteiger partial charge in [-0.25, -0.2) is 0 Å². The van der Waals surface area contributed by atoms with Crippen LogP contribution in [0.25, 0.3) is 0 Å². The standard InChI is InChI=1S/C24H31N3O2/c1-19(20-5-3-2-4-6-20)25-24(28)21-7-9-22(10-8-21)26-13-11-23(12-14-26)27-15-17-29-18-16-27/h2-10,19,23H,11-18H2,1H3,(H,25,28). The number of ether oxygens (including phenoxy) is 1. The van der Waals surface area contributed by atoms with Crippen LogP contribution in [0.4, 0.5) is 5.69 Å². The maximum atomic E-state index is 12.6.